The Labute approximate surface area is 155 Å². The van der Waals surface area contributed by atoms with Crippen molar-refractivity contribution in [2.45, 2.75) is 31.7 Å². The lowest BCUT2D eigenvalue weighted by molar-refractivity contribution is -0.135. The number of hydrogen-bond donors (Lipinski definition) is 1. The Morgan fingerprint density at radius 2 is 1.79 bits per heavy atom. The van der Waals surface area contributed by atoms with Gasteiger partial charge < -0.3 is 10.2 Å². The normalized spacial score (nSPS) is 22.3. The standard InChI is InChI=1S/C18H26ClN3O.ClH/c1-18(2,14-3-5-15(19)6-4-14)17(23)22-10-7-16(13-22)21-11-8-20-9-12-21;/h3-6,16,20H,7-13H2,1-2H3;1H. The van der Waals surface area contributed by atoms with Gasteiger partial charge in [0.05, 0.1) is 5.41 Å². The maximum atomic E-state index is 13.0. The molecular formula is C18H27Cl2N3O. The van der Waals surface area contributed by atoms with Gasteiger partial charge in [-0.15, -0.1) is 12.4 Å². The van der Waals surface area contributed by atoms with Crippen molar-refractivity contribution >= 4 is 29.9 Å². The average Bonchev–Trinajstić information content (AvgIpc) is 3.05. The fourth-order valence-electron chi connectivity index (χ4n) is 3.66. The van der Waals surface area contributed by atoms with Crippen LogP contribution in [0.5, 0.6) is 0 Å². The van der Waals surface area contributed by atoms with Gasteiger partial charge in [0.1, 0.15) is 0 Å². The van der Waals surface area contributed by atoms with Crippen molar-refractivity contribution in [2.24, 2.45) is 0 Å². The molecule has 1 aromatic carbocycles. The van der Waals surface area contributed by atoms with E-state index in [1.165, 1.54) is 0 Å². The Kier molecular flexibility index (Phi) is 6.54. The second-order valence-electron chi connectivity index (χ2n) is 7.11. The zero-order valence-corrected chi connectivity index (χ0v) is 16.0. The molecule has 0 saturated carbocycles. The fraction of sp³-hybridized carbons (Fsp3) is 0.611. The average molecular weight is 372 g/mol. The summed E-state index contributed by atoms with van der Waals surface area (Å²) in [7, 11) is 0. The highest BCUT2D eigenvalue weighted by Gasteiger charge is 2.38. The lowest BCUT2D eigenvalue weighted by Gasteiger charge is -2.34. The summed E-state index contributed by atoms with van der Waals surface area (Å²) in [5, 5.41) is 4.09. The molecule has 1 atom stereocenters. The first-order chi connectivity index (χ1) is 11.0. The van der Waals surface area contributed by atoms with E-state index < -0.39 is 5.41 Å². The Morgan fingerprint density at radius 3 is 2.42 bits per heavy atom. The molecule has 3 rings (SSSR count). The molecule has 2 heterocycles. The van der Waals surface area contributed by atoms with Crippen LogP contribution in [0, 0.1) is 0 Å². The van der Waals surface area contributed by atoms with Crippen LogP contribution in [0.2, 0.25) is 5.02 Å². The summed E-state index contributed by atoms with van der Waals surface area (Å²) in [6.45, 7) is 10.0. The number of benzene rings is 1. The van der Waals surface area contributed by atoms with Crippen LogP contribution in [0.25, 0.3) is 0 Å². The maximum Gasteiger partial charge on any atom is 0.232 e. The summed E-state index contributed by atoms with van der Waals surface area (Å²) in [5.41, 5.74) is 0.515. The summed E-state index contributed by atoms with van der Waals surface area (Å²) in [4.78, 5) is 17.6. The van der Waals surface area contributed by atoms with E-state index in [1.54, 1.807) is 0 Å². The van der Waals surface area contributed by atoms with Crippen LogP contribution in [-0.2, 0) is 10.2 Å². The number of carbonyl (C=O) groups is 1. The van der Waals surface area contributed by atoms with Crippen LogP contribution in [0.15, 0.2) is 24.3 Å². The van der Waals surface area contributed by atoms with E-state index in [0.29, 0.717) is 11.1 Å². The maximum absolute atomic E-state index is 13.0. The third-order valence-electron chi connectivity index (χ3n) is 5.22. The van der Waals surface area contributed by atoms with Crippen molar-refractivity contribution in [3.63, 3.8) is 0 Å². The minimum Gasteiger partial charge on any atom is -0.340 e. The van der Waals surface area contributed by atoms with Gasteiger partial charge in [0.15, 0.2) is 0 Å². The first kappa shape index (κ1) is 19.5. The van der Waals surface area contributed by atoms with Crippen LogP contribution in [0.1, 0.15) is 25.8 Å². The second kappa shape index (κ2) is 8.05. The Morgan fingerprint density at radius 1 is 1.17 bits per heavy atom. The summed E-state index contributed by atoms with van der Waals surface area (Å²) in [6.07, 6.45) is 1.09. The van der Waals surface area contributed by atoms with E-state index >= 15 is 0 Å². The Balaban J connectivity index is 0.00000208. The molecule has 2 aliphatic rings. The molecular weight excluding hydrogens is 345 g/mol. The fourth-order valence-corrected chi connectivity index (χ4v) is 3.78. The molecule has 0 radical (unpaired) electrons. The van der Waals surface area contributed by atoms with Crippen LogP contribution in [0.3, 0.4) is 0 Å². The van der Waals surface area contributed by atoms with Crippen molar-refractivity contribution in [3.8, 4) is 0 Å². The quantitative estimate of drug-likeness (QED) is 0.886. The molecule has 4 nitrogen and oxygen atoms in total. The number of hydrogen-bond acceptors (Lipinski definition) is 3. The topological polar surface area (TPSA) is 35.6 Å². The number of amides is 1. The molecule has 24 heavy (non-hydrogen) atoms. The van der Waals surface area contributed by atoms with E-state index in [0.717, 1.165) is 51.3 Å². The molecule has 0 aromatic heterocycles. The number of rotatable bonds is 3. The van der Waals surface area contributed by atoms with E-state index in [-0.39, 0.29) is 18.3 Å². The molecule has 0 aliphatic carbocycles. The van der Waals surface area contributed by atoms with Gasteiger partial charge in [-0.1, -0.05) is 23.7 Å². The summed E-state index contributed by atoms with van der Waals surface area (Å²) in [5.74, 6) is 0.220. The molecule has 134 valence electrons. The van der Waals surface area contributed by atoms with Crippen LogP contribution >= 0.6 is 24.0 Å². The van der Waals surface area contributed by atoms with Gasteiger partial charge in [-0.3, -0.25) is 9.69 Å². The molecule has 0 bridgehead atoms. The molecule has 1 aromatic rings. The number of likely N-dealkylation sites (tertiary alicyclic amines) is 1. The van der Waals surface area contributed by atoms with E-state index in [1.807, 2.05) is 43.0 Å². The van der Waals surface area contributed by atoms with Crippen molar-refractivity contribution in [2.75, 3.05) is 39.3 Å². The van der Waals surface area contributed by atoms with Crippen LogP contribution in [-0.4, -0.2) is 61.0 Å². The van der Waals surface area contributed by atoms with Crippen molar-refractivity contribution < 1.29 is 4.79 Å². The van der Waals surface area contributed by atoms with Gasteiger partial charge in [-0.25, -0.2) is 0 Å². The van der Waals surface area contributed by atoms with Gasteiger partial charge in [-0.2, -0.15) is 0 Å². The van der Waals surface area contributed by atoms with Gasteiger partial charge >= 0.3 is 0 Å². The zero-order valence-electron chi connectivity index (χ0n) is 14.4. The lowest BCUT2D eigenvalue weighted by atomic mass is 9.83. The molecule has 1 unspecified atom stereocenters. The van der Waals surface area contributed by atoms with Gasteiger partial charge in [-0.05, 0) is 38.0 Å². The molecule has 2 aliphatic heterocycles. The summed E-state index contributed by atoms with van der Waals surface area (Å²) >= 11 is 5.97. The first-order valence-corrected chi connectivity index (χ1v) is 8.86. The van der Waals surface area contributed by atoms with Gasteiger partial charge in [0.25, 0.3) is 0 Å². The van der Waals surface area contributed by atoms with Crippen LogP contribution in [0.4, 0.5) is 0 Å². The van der Waals surface area contributed by atoms with E-state index in [2.05, 4.69) is 10.2 Å². The predicted molar refractivity (Wildman–Crippen MR) is 101 cm³/mol. The minimum absolute atomic E-state index is 0. The summed E-state index contributed by atoms with van der Waals surface area (Å²) in [6, 6.07) is 8.16. The highest BCUT2D eigenvalue weighted by molar-refractivity contribution is 6.30. The number of nitrogens with zero attached hydrogens (tertiary/aromatic N) is 2. The second-order valence-corrected chi connectivity index (χ2v) is 7.55. The molecule has 1 N–H and O–H groups in total. The predicted octanol–water partition coefficient (Wildman–Crippen LogP) is 2.55. The highest BCUT2D eigenvalue weighted by atomic mass is 35.5. The minimum atomic E-state index is -0.511. The molecule has 2 fully saturated rings. The van der Waals surface area contributed by atoms with Crippen molar-refractivity contribution in [1.29, 1.82) is 0 Å². The monoisotopic (exact) mass is 371 g/mol. The number of carbonyl (C=O) groups excluding carboxylic acids is 1. The number of nitrogens with one attached hydrogen (secondary N) is 1. The Hall–Kier alpha value is -0.810. The first-order valence-electron chi connectivity index (χ1n) is 8.48. The smallest absolute Gasteiger partial charge is 0.232 e. The molecule has 2 saturated heterocycles. The number of halogens is 2. The third-order valence-corrected chi connectivity index (χ3v) is 5.47. The highest BCUT2D eigenvalue weighted by Crippen LogP contribution is 2.29. The largest absolute Gasteiger partial charge is 0.340 e. The van der Waals surface area contributed by atoms with E-state index in [9.17, 15) is 4.79 Å². The number of piperazine rings is 1. The van der Waals surface area contributed by atoms with Crippen molar-refractivity contribution in [3.05, 3.63) is 34.9 Å². The molecule has 1 amide bonds. The third kappa shape index (κ3) is 4.05. The molecule has 0 spiro atoms. The molecule has 6 heteroatoms. The SMILES string of the molecule is CC(C)(C(=O)N1CCC(N2CCNCC2)C1)c1ccc(Cl)cc1.Cl. The Bertz CT molecular complexity index is 556. The van der Waals surface area contributed by atoms with Crippen LogP contribution < -0.4 is 5.32 Å². The lowest BCUT2D eigenvalue weighted by Crippen LogP contribution is -2.50. The zero-order chi connectivity index (χ0) is 16.4. The van der Waals surface area contributed by atoms with Gasteiger partial charge in [0, 0.05) is 50.3 Å². The van der Waals surface area contributed by atoms with E-state index in [4.69, 9.17) is 11.6 Å². The summed E-state index contributed by atoms with van der Waals surface area (Å²) < 4.78 is 0. The van der Waals surface area contributed by atoms with Crippen molar-refractivity contribution in [1.82, 2.24) is 15.1 Å². The van der Waals surface area contributed by atoms with Gasteiger partial charge in [0.2, 0.25) is 5.91 Å².